The first-order valence-electron chi connectivity index (χ1n) is 8.31. The van der Waals surface area contributed by atoms with E-state index < -0.39 is 0 Å². The van der Waals surface area contributed by atoms with Crippen LogP contribution in [-0.4, -0.2) is 26.2 Å². The molecule has 18 heavy (non-hydrogen) atoms. The van der Waals surface area contributed by atoms with E-state index in [9.17, 15) is 0 Å². The summed E-state index contributed by atoms with van der Waals surface area (Å²) in [4.78, 5) is 0. The van der Waals surface area contributed by atoms with Gasteiger partial charge in [0.05, 0.1) is 0 Å². The lowest BCUT2D eigenvalue weighted by Gasteiger charge is -2.21. The minimum atomic E-state index is 1.04. The molecule has 3 fully saturated rings. The second-order valence-corrected chi connectivity index (χ2v) is 6.41. The molecule has 0 aromatic carbocycles. The fraction of sp³-hybridized carbons (Fsp3) is 1.00. The molecule has 1 aliphatic carbocycles. The Bertz CT molecular complexity index is 198. The molecule has 2 heteroatoms. The summed E-state index contributed by atoms with van der Waals surface area (Å²) in [5.74, 6) is 3.29. The standard InChI is InChI=1S/C8H15N.C8H17N/c1-2-7(1)8-3-5-9-6-4-8;1-2-3-8-4-6-9-7-5-8/h7-9H,1-6H2;8-9H,2-7H2,1H3. The molecule has 2 N–H and O–H groups in total. The van der Waals surface area contributed by atoms with E-state index in [0.29, 0.717) is 0 Å². The summed E-state index contributed by atoms with van der Waals surface area (Å²) in [7, 11) is 0. The predicted octanol–water partition coefficient (Wildman–Crippen LogP) is 3.18. The van der Waals surface area contributed by atoms with Crippen molar-refractivity contribution >= 4 is 0 Å². The third-order valence-electron chi connectivity index (χ3n) is 4.83. The molecule has 2 aliphatic heterocycles. The number of hydrogen-bond acceptors (Lipinski definition) is 2. The van der Waals surface area contributed by atoms with Gasteiger partial charge in [-0.25, -0.2) is 0 Å². The third-order valence-corrected chi connectivity index (χ3v) is 4.83. The molecule has 0 aromatic rings. The second-order valence-electron chi connectivity index (χ2n) is 6.41. The monoisotopic (exact) mass is 252 g/mol. The highest BCUT2D eigenvalue weighted by molar-refractivity contribution is 4.83. The molecule has 2 saturated heterocycles. The Morgan fingerprint density at radius 3 is 1.72 bits per heavy atom. The fourth-order valence-corrected chi connectivity index (χ4v) is 3.46. The zero-order valence-corrected chi connectivity index (χ0v) is 12.2. The van der Waals surface area contributed by atoms with Gasteiger partial charge in [-0.2, -0.15) is 0 Å². The molecule has 0 bridgehead atoms. The van der Waals surface area contributed by atoms with Crippen LogP contribution in [0.2, 0.25) is 0 Å². The van der Waals surface area contributed by atoms with Gasteiger partial charge in [0.1, 0.15) is 0 Å². The van der Waals surface area contributed by atoms with Crippen molar-refractivity contribution in [1.82, 2.24) is 10.6 Å². The van der Waals surface area contributed by atoms with Crippen molar-refractivity contribution in [2.45, 2.75) is 58.3 Å². The van der Waals surface area contributed by atoms with E-state index in [2.05, 4.69) is 17.6 Å². The first kappa shape index (κ1) is 14.3. The van der Waals surface area contributed by atoms with Gasteiger partial charge < -0.3 is 10.6 Å². The molecule has 3 rings (SSSR count). The predicted molar refractivity (Wildman–Crippen MR) is 78.8 cm³/mol. The van der Waals surface area contributed by atoms with Crippen molar-refractivity contribution in [3.8, 4) is 0 Å². The van der Waals surface area contributed by atoms with Crippen LogP contribution >= 0.6 is 0 Å². The van der Waals surface area contributed by atoms with E-state index in [1.54, 1.807) is 0 Å². The van der Waals surface area contributed by atoms with Gasteiger partial charge in [-0.1, -0.05) is 19.8 Å². The van der Waals surface area contributed by atoms with Gasteiger partial charge in [0, 0.05) is 0 Å². The zero-order chi connectivity index (χ0) is 12.6. The van der Waals surface area contributed by atoms with Crippen LogP contribution in [0.4, 0.5) is 0 Å². The van der Waals surface area contributed by atoms with Gasteiger partial charge >= 0.3 is 0 Å². The summed E-state index contributed by atoms with van der Waals surface area (Å²) < 4.78 is 0. The molecular weight excluding hydrogens is 220 g/mol. The number of piperidine rings is 2. The summed E-state index contributed by atoms with van der Waals surface area (Å²) in [6.07, 6.45) is 11.6. The summed E-state index contributed by atoms with van der Waals surface area (Å²) >= 11 is 0. The highest BCUT2D eigenvalue weighted by Crippen LogP contribution is 2.40. The molecule has 0 spiro atoms. The molecule has 2 heterocycles. The van der Waals surface area contributed by atoms with Gasteiger partial charge in [-0.15, -0.1) is 0 Å². The Balaban J connectivity index is 0.000000134. The molecule has 0 unspecified atom stereocenters. The molecule has 0 amide bonds. The summed E-state index contributed by atoms with van der Waals surface area (Å²) in [6.45, 7) is 7.35. The van der Waals surface area contributed by atoms with E-state index in [-0.39, 0.29) is 0 Å². The van der Waals surface area contributed by atoms with Crippen LogP contribution in [0.5, 0.6) is 0 Å². The van der Waals surface area contributed by atoms with Crippen LogP contribution in [0.1, 0.15) is 58.3 Å². The number of rotatable bonds is 3. The van der Waals surface area contributed by atoms with Crippen molar-refractivity contribution in [3.63, 3.8) is 0 Å². The molecular formula is C16H32N2. The highest BCUT2D eigenvalue weighted by Gasteiger charge is 2.31. The largest absolute Gasteiger partial charge is 0.317 e. The van der Waals surface area contributed by atoms with Gasteiger partial charge in [-0.3, -0.25) is 0 Å². The maximum absolute atomic E-state index is 3.40. The summed E-state index contributed by atoms with van der Waals surface area (Å²) in [5, 5.41) is 6.77. The van der Waals surface area contributed by atoms with Crippen molar-refractivity contribution in [1.29, 1.82) is 0 Å². The summed E-state index contributed by atoms with van der Waals surface area (Å²) in [5.41, 5.74) is 0. The normalized spacial score (nSPS) is 26.5. The number of hydrogen-bond donors (Lipinski definition) is 2. The van der Waals surface area contributed by atoms with E-state index in [1.807, 2.05) is 0 Å². The number of nitrogens with one attached hydrogen (secondary N) is 2. The van der Waals surface area contributed by atoms with Crippen LogP contribution in [0.25, 0.3) is 0 Å². The van der Waals surface area contributed by atoms with Crippen LogP contribution in [0, 0.1) is 17.8 Å². The molecule has 2 nitrogen and oxygen atoms in total. The minimum absolute atomic E-state index is 1.04. The van der Waals surface area contributed by atoms with Crippen LogP contribution in [0.15, 0.2) is 0 Å². The van der Waals surface area contributed by atoms with Crippen molar-refractivity contribution in [2.24, 2.45) is 17.8 Å². The second kappa shape index (κ2) is 8.16. The Morgan fingerprint density at radius 2 is 1.22 bits per heavy atom. The Hall–Kier alpha value is -0.0800. The SMILES string of the molecule is C1CC(C2CC2)CCN1.CCCC1CCNCC1. The first-order valence-corrected chi connectivity index (χ1v) is 8.31. The van der Waals surface area contributed by atoms with Crippen molar-refractivity contribution < 1.29 is 0 Å². The summed E-state index contributed by atoms with van der Waals surface area (Å²) in [6, 6.07) is 0. The van der Waals surface area contributed by atoms with Crippen LogP contribution in [0.3, 0.4) is 0 Å². The van der Waals surface area contributed by atoms with Crippen molar-refractivity contribution in [2.75, 3.05) is 26.2 Å². The lowest BCUT2D eigenvalue weighted by molar-refractivity contribution is 0.337. The highest BCUT2D eigenvalue weighted by atomic mass is 14.9. The van der Waals surface area contributed by atoms with Gasteiger partial charge in [-0.05, 0) is 82.5 Å². The fourth-order valence-electron chi connectivity index (χ4n) is 3.46. The average Bonchev–Trinajstić information content (AvgIpc) is 3.27. The quantitative estimate of drug-likeness (QED) is 0.806. The Morgan fingerprint density at radius 1 is 0.722 bits per heavy atom. The Labute approximate surface area is 113 Å². The average molecular weight is 252 g/mol. The smallest absolute Gasteiger partial charge is 0.00462 e. The van der Waals surface area contributed by atoms with Gasteiger partial charge in [0.15, 0.2) is 0 Å². The van der Waals surface area contributed by atoms with Crippen LogP contribution < -0.4 is 10.6 Å². The lowest BCUT2D eigenvalue weighted by atomic mass is 9.93. The van der Waals surface area contributed by atoms with Crippen molar-refractivity contribution in [3.05, 3.63) is 0 Å². The molecule has 3 aliphatic rings. The molecule has 0 radical (unpaired) electrons. The van der Waals surface area contributed by atoms with Gasteiger partial charge in [0.2, 0.25) is 0 Å². The van der Waals surface area contributed by atoms with E-state index in [4.69, 9.17) is 0 Å². The molecule has 0 aromatic heterocycles. The maximum Gasteiger partial charge on any atom is -0.00462 e. The molecule has 106 valence electrons. The zero-order valence-electron chi connectivity index (χ0n) is 12.2. The topological polar surface area (TPSA) is 24.1 Å². The first-order chi connectivity index (χ1) is 8.90. The minimum Gasteiger partial charge on any atom is -0.317 e. The Kier molecular flexibility index (Phi) is 6.50. The lowest BCUT2D eigenvalue weighted by Crippen LogP contribution is -2.28. The van der Waals surface area contributed by atoms with E-state index in [1.165, 1.54) is 77.5 Å². The van der Waals surface area contributed by atoms with E-state index in [0.717, 1.165) is 17.8 Å². The molecule has 1 saturated carbocycles. The van der Waals surface area contributed by atoms with Gasteiger partial charge in [0.25, 0.3) is 0 Å². The van der Waals surface area contributed by atoms with E-state index >= 15 is 0 Å². The molecule has 0 atom stereocenters. The maximum atomic E-state index is 3.40. The third kappa shape index (κ3) is 5.27. The van der Waals surface area contributed by atoms with Crippen LogP contribution in [-0.2, 0) is 0 Å².